The maximum atomic E-state index is 13.3. The van der Waals surface area contributed by atoms with Crippen molar-refractivity contribution in [1.82, 2.24) is 24.8 Å². The number of furan rings is 1. The molecule has 0 radical (unpaired) electrons. The first-order valence-corrected chi connectivity index (χ1v) is 13.2. The second-order valence-corrected chi connectivity index (χ2v) is 10.2. The summed E-state index contributed by atoms with van der Waals surface area (Å²) in [5.41, 5.74) is 6.35. The van der Waals surface area contributed by atoms with Gasteiger partial charge in [0.1, 0.15) is 11.4 Å². The van der Waals surface area contributed by atoms with E-state index in [9.17, 15) is 4.79 Å². The first kappa shape index (κ1) is 24.1. The van der Waals surface area contributed by atoms with Gasteiger partial charge in [-0.3, -0.25) is 14.8 Å². The van der Waals surface area contributed by atoms with Crippen molar-refractivity contribution < 1.29 is 9.21 Å². The Kier molecular flexibility index (Phi) is 6.49. The molecule has 38 heavy (non-hydrogen) atoms. The zero-order chi connectivity index (χ0) is 26.1. The molecule has 0 aliphatic carbocycles. The van der Waals surface area contributed by atoms with Crippen LogP contribution in [0.25, 0.3) is 32.7 Å². The molecule has 0 saturated heterocycles. The monoisotopic (exact) mass is 539 g/mol. The molecule has 9 heteroatoms. The van der Waals surface area contributed by atoms with Gasteiger partial charge >= 0.3 is 0 Å². The molecule has 4 heterocycles. The molecule has 1 atom stereocenters. The zero-order valence-corrected chi connectivity index (χ0v) is 21.9. The Balaban J connectivity index is 1.31. The van der Waals surface area contributed by atoms with Crippen LogP contribution in [0.5, 0.6) is 0 Å². The SMILES string of the molecule is Cn1c(-c2ccc(-c3cncs3)cc2)cnc1C(Cc1ccccn1)NC(=O)c1cc2cc(Cl)ccc2o1. The highest BCUT2D eigenvalue weighted by atomic mass is 35.5. The van der Waals surface area contributed by atoms with Gasteiger partial charge in [0.05, 0.1) is 28.3 Å². The van der Waals surface area contributed by atoms with Gasteiger partial charge in [0, 0.05) is 42.0 Å². The Morgan fingerprint density at radius 3 is 2.66 bits per heavy atom. The lowest BCUT2D eigenvalue weighted by atomic mass is 10.1. The van der Waals surface area contributed by atoms with Crippen LogP contribution in [0.2, 0.25) is 5.02 Å². The van der Waals surface area contributed by atoms with E-state index < -0.39 is 6.04 Å². The smallest absolute Gasteiger partial charge is 0.287 e. The molecule has 0 bridgehead atoms. The molecule has 1 amide bonds. The van der Waals surface area contributed by atoms with Crippen molar-refractivity contribution in [2.75, 3.05) is 0 Å². The number of fused-ring (bicyclic) bond motifs is 1. The number of carbonyl (C=O) groups is 1. The molecule has 0 spiro atoms. The van der Waals surface area contributed by atoms with Crippen molar-refractivity contribution in [3.63, 3.8) is 0 Å². The average Bonchev–Trinajstić information content (AvgIpc) is 3.69. The molecule has 188 valence electrons. The molecule has 0 aliphatic heterocycles. The first-order chi connectivity index (χ1) is 18.5. The van der Waals surface area contributed by atoms with Gasteiger partial charge in [-0.1, -0.05) is 41.9 Å². The molecule has 0 aliphatic rings. The summed E-state index contributed by atoms with van der Waals surface area (Å²) < 4.78 is 7.81. The highest BCUT2D eigenvalue weighted by Crippen LogP contribution is 2.29. The predicted octanol–water partition coefficient (Wildman–Crippen LogP) is 6.72. The summed E-state index contributed by atoms with van der Waals surface area (Å²) in [6.45, 7) is 0. The van der Waals surface area contributed by atoms with Crippen LogP contribution < -0.4 is 5.32 Å². The van der Waals surface area contributed by atoms with Gasteiger partial charge < -0.3 is 14.3 Å². The summed E-state index contributed by atoms with van der Waals surface area (Å²) in [7, 11) is 1.95. The first-order valence-electron chi connectivity index (χ1n) is 12.0. The van der Waals surface area contributed by atoms with Crippen LogP contribution in [0.3, 0.4) is 0 Å². The number of benzene rings is 2. The van der Waals surface area contributed by atoms with Crippen molar-refractivity contribution in [2.45, 2.75) is 12.5 Å². The van der Waals surface area contributed by atoms with Gasteiger partial charge in [-0.15, -0.1) is 11.3 Å². The average molecular weight is 540 g/mol. The van der Waals surface area contributed by atoms with Gasteiger partial charge in [0.15, 0.2) is 5.76 Å². The highest BCUT2D eigenvalue weighted by molar-refractivity contribution is 7.13. The number of nitrogens with zero attached hydrogens (tertiary/aromatic N) is 4. The third-order valence-electron chi connectivity index (χ3n) is 6.38. The number of nitrogens with one attached hydrogen (secondary N) is 1. The van der Waals surface area contributed by atoms with E-state index in [1.807, 2.05) is 47.7 Å². The van der Waals surface area contributed by atoms with Crippen LogP contribution in [-0.4, -0.2) is 25.4 Å². The number of carbonyl (C=O) groups excluding carboxylic acids is 1. The van der Waals surface area contributed by atoms with Gasteiger partial charge in [-0.05, 0) is 47.5 Å². The lowest BCUT2D eigenvalue weighted by molar-refractivity contribution is 0.0908. The number of pyridine rings is 1. The quantitative estimate of drug-likeness (QED) is 0.243. The molecule has 6 aromatic rings. The number of halogens is 1. The fraction of sp³-hybridized carbons (Fsp3) is 0.103. The summed E-state index contributed by atoms with van der Waals surface area (Å²) >= 11 is 7.71. The topological polar surface area (TPSA) is 85.8 Å². The molecule has 1 N–H and O–H groups in total. The minimum absolute atomic E-state index is 0.210. The molecular weight excluding hydrogens is 518 g/mol. The van der Waals surface area contributed by atoms with Gasteiger partial charge in [-0.2, -0.15) is 0 Å². The number of hydrogen-bond donors (Lipinski definition) is 1. The van der Waals surface area contributed by atoms with Crippen LogP contribution in [0.1, 0.15) is 28.1 Å². The third-order valence-corrected chi connectivity index (χ3v) is 7.44. The number of hydrogen-bond acceptors (Lipinski definition) is 6. The molecular formula is C29H22ClN5O2S. The molecule has 1 unspecified atom stereocenters. The van der Waals surface area contributed by atoms with E-state index in [4.69, 9.17) is 21.0 Å². The maximum absolute atomic E-state index is 13.3. The van der Waals surface area contributed by atoms with E-state index in [-0.39, 0.29) is 11.7 Å². The van der Waals surface area contributed by atoms with Crippen LogP contribution in [0, 0.1) is 0 Å². The number of aromatic nitrogens is 4. The van der Waals surface area contributed by atoms with Gasteiger partial charge in [0.2, 0.25) is 0 Å². The molecule has 0 saturated carbocycles. The van der Waals surface area contributed by atoms with E-state index in [2.05, 4.69) is 39.6 Å². The molecule has 4 aromatic heterocycles. The van der Waals surface area contributed by atoms with Crippen molar-refractivity contribution in [1.29, 1.82) is 0 Å². The lowest BCUT2D eigenvalue weighted by Crippen LogP contribution is -2.31. The Morgan fingerprint density at radius 1 is 1.05 bits per heavy atom. The summed E-state index contributed by atoms with van der Waals surface area (Å²) in [6.07, 6.45) is 5.90. The molecule has 2 aromatic carbocycles. The van der Waals surface area contributed by atoms with Crippen molar-refractivity contribution in [3.05, 3.63) is 113 Å². The van der Waals surface area contributed by atoms with Gasteiger partial charge in [0.25, 0.3) is 5.91 Å². The molecule has 7 nitrogen and oxygen atoms in total. The second kappa shape index (κ2) is 10.2. The number of imidazole rings is 1. The van der Waals surface area contributed by atoms with E-state index >= 15 is 0 Å². The number of amides is 1. The Hall–Kier alpha value is -4.27. The standard InChI is InChI=1S/C29H22ClN5O2S/c1-35-24(18-5-7-19(8-6-18)27-16-31-17-38-27)15-33-28(35)23(14-22-4-2-3-11-32-22)34-29(36)26-13-20-12-21(30)9-10-25(20)37-26/h2-13,15-17,23H,14H2,1H3,(H,34,36). The highest BCUT2D eigenvalue weighted by Gasteiger charge is 2.24. The predicted molar refractivity (Wildman–Crippen MR) is 149 cm³/mol. The van der Waals surface area contributed by atoms with Crippen LogP contribution in [-0.2, 0) is 13.5 Å². The molecule has 0 fully saturated rings. The number of rotatable bonds is 7. The number of thiazole rings is 1. The van der Waals surface area contributed by atoms with Crippen molar-refractivity contribution >= 4 is 39.8 Å². The van der Waals surface area contributed by atoms with E-state index in [0.29, 0.717) is 22.9 Å². The summed E-state index contributed by atoms with van der Waals surface area (Å²) in [5, 5.41) is 4.46. The van der Waals surface area contributed by atoms with Gasteiger partial charge in [-0.25, -0.2) is 4.98 Å². The fourth-order valence-electron chi connectivity index (χ4n) is 4.47. The van der Waals surface area contributed by atoms with E-state index in [1.54, 1.807) is 41.8 Å². The van der Waals surface area contributed by atoms with Crippen LogP contribution in [0.4, 0.5) is 0 Å². The minimum Gasteiger partial charge on any atom is -0.451 e. The Morgan fingerprint density at radius 2 is 1.89 bits per heavy atom. The largest absolute Gasteiger partial charge is 0.451 e. The van der Waals surface area contributed by atoms with E-state index in [0.717, 1.165) is 32.8 Å². The summed E-state index contributed by atoms with van der Waals surface area (Å²) in [4.78, 5) is 27.8. The third kappa shape index (κ3) is 4.83. The normalized spacial score (nSPS) is 12.1. The zero-order valence-electron chi connectivity index (χ0n) is 20.3. The summed E-state index contributed by atoms with van der Waals surface area (Å²) in [5.74, 6) is 0.586. The summed E-state index contributed by atoms with van der Waals surface area (Å²) in [6, 6.07) is 20.6. The molecule has 6 rings (SSSR count). The maximum Gasteiger partial charge on any atom is 0.287 e. The van der Waals surface area contributed by atoms with Crippen molar-refractivity contribution in [3.8, 4) is 21.7 Å². The second-order valence-electron chi connectivity index (χ2n) is 8.85. The van der Waals surface area contributed by atoms with E-state index in [1.165, 1.54) is 0 Å². The van der Waals surface area contributed by atoms with Crippen molar-refractivity contribution in [2.24, 2.45) is 7.05 Å². The fourth-order valence-corrected chi connectivity index (χ4v) is 5.28. The minimum atomic E-state index is -0.440. The van der Waals surface area contributed by atoms with Crippen LogP contribution in [0.15, 0.2) is 95.2 Å². The Labute approximate surface area is 227 Å². The van der Waals surface area contributed by atoms with Crippen LogP contribution >= 0.6 is 22.9 Å². The Bertz CT molecular complexity index is 1710. The lowest BCUT2D eigenvalue weighted by Gasteiger charge is -2.18.